The molecule has 1 fully saturated rings. The van der Waals surface area contributed by atoms with Crippen LogP contribution in [0.4, 0.5) is 0 Å². The highest BCUT2D eigenvalue weighted by Crippen LogP contribution is 2.18. The molecule has 0 saturated heterocycles. The lowest BCUT2D eigenvalue weighted by Crippen LogP contribution is -2.39. The van der Waals surface area contributed by atoms with Crippen molar-refractivity contribution in [3.05, 3.63) is 35.4 Å². The first-order valence-electron chi connectivity index (χ1n) is 8.35. The summed E-state index contributed by atoms with van der Waals surface area (Å²) in [5, 5.41) is 6.33. The van der Waals surface area contributed by atoms with Crippen molar-refractivity contribution in [2.75, 3.05) is 20.6 Å². The summed E-state index contributed by atoms with van der Waals surface area (Å²) in [4.78, 5) is 18.0. The van der Waals surface area contributed by atoms with E-state index in [4.69, 9.17) is 0 Å². The first kappa shape index (κ1) is 17.3. The van der Waals surface area contributed by atoms with E-state index in [1.807, 2.05) is 7.05 Å². The summed E-state index contributed by atoms with van der Waals surface area (Å²) in [7, 11) is 3.81. The Bertz CT molecular complexity index is 534. The van der Waals surface area contributed by atoms with Crippen molar-refractivity contribution in [2.24, 2.45) is 4.99 Å². The van der Waals surface area contributed by atoms with Gasteiger partial charge in [0.2, 0.25) is 5.91 Å². The van der Waals surface area contributed by atoms with Crippen molar-refractivity contribution in [3.8, 4) is 0 Å². The highest BCUT2D eigenvalue weighted by atomic mass is 16.1. The summed E-state index contributed by atoms with van der Waals surface area (Å²) < 4.78 is 0. The fourth-order valence-electron chi connectivity index (χ4n) is 2.40. The molecule has 2 N–H and O–H groups in total. The zero-order chi connectivity index (χ0) is 16.7. The molecule has 0 radical (unpaired) electrons. The van der Waals surface area contributed by atoms with Gasteiger partial charge in [-0.05, 0) is 31.7 Å². The molecule has 1 aromatic carbocycles. The summed E-state index contributed by atoms with van der Waals surface area (Å²) in [5.41, 5.74) is 2.52. The van der Waals surface area contributed by atoms with Gasteiger partial charge in [0.05, 0.1) is 0 Å². The van der Waals surface area contributed by atoms with Crippen molar-refractivity contribution >= 4 is 11.9 Å². The molecule has 2 rings (SSSR count). The van der Waals surface area contributed by atoms with Crippen LogP contribution in [0.15, 0.2) is 29.3 Å². The van der Waals surface area contributed by atoms with Gasteiger partial charge in [-0.15, -0.1) is 0 Å². The number of rotatable bonds is 7. The highest BCUT2D eigenvalue weighted by molar-refractivity contribution is 5.80. The number of nitrogens with zero attached hydrogens (tertiary/aromatic N) is 2. The minimum absolute atomic E-state index is 0.164. The number of carbonyl (C=O) groups is 1. The average molecular weight is 316 g/mol. The third kappa shape index (κ3) is 6.30. The second-order valence-electron chi connectivity index (χ2n) is 6.26. The van der Waals surface area contributed by atoms with Gasteiger partial charge in [-0.1, -0.05) is 29.8 Å². The zero-order valence-electron chi connectivity index (χ0n) is 14.4. The van der Waals surface area contributed by atoms with E-state index in [2.05, 4.69) is 51.7 Å². The first-order chi connectivity index (χ1) is 11.1. The van der Waals surface area contributed by atoms with Crippen molar-refractivity contribution in [3.63, 3.8) is 0 Å². The molecule has 1 aliphatic carbocycles. The standard InChI is InChI=1S/C18H28N4O/c1-14-6-8-15(9-7-14)13-22(3)18(19-2)20-12-4-5-17(23)21-16-10-11-16/h6-9,16H,4-5,10-13H2,1-3H3,(H,19,20)(H,21,23). The fourth-order valence-corrected chi connectivity index (χ4v) is 2.40. The van der Waals surface area contributed by atoms with Crippen LogP contribution >= 0.6 is 0 Å². The van der Waals surface area contributed by atoms with Crippen LogP contribution in [0.3, 0.4) is 0 Å². The number of aryl methyl sites for hydroxylation is 1. The molecule has 1 amide bonds. The molecule has 0 unspecified atom stereocenters. The van der Waals surface area contributed by atoms with Gasteiger partial charge in [-0.25, -0.2) is 0 Å². The Morgan fingerprint density at radius 3 is 2.61 bits per heavy atom. The number of guanidine groups is 1. The van der Waals surface area contributed by atoms with E-state index in [0.29, 0.717) is 12.5 Å². The summed E-state index contributed by atoms with van der Waals surface area (Å²) in [6, 6.07) is 8.97. The second-order valence-corrected chi connectivity index (χ2v) is 6.26. The predicted molar refractivity (Wildman–Crippen MR) is 94.4 cm³/mol. The maximum atomic E-state index is 11.6. The molecule has 1 saturated carbocycles. The Morgan fingerprint density at radius 1 is 1.30 bits per heavy atom. The Kier molecular flexibility index (Phi) is 6.44. The Hall–Kier alpha value is -2.04. The van der Waals surface area contributed by atoms with Crippen molar-refractivity contribution in [1.82, 2.24) is 15.5 Å². The van der Waals surface area contributed by atoms with Crippen molar-refractivity contribution < 1.29 is 4.79 Å². The molecule has 5 nitrogen and oxygen atoms in total. The fraction of sp³-hybridized carbons (Fsp3) is 0.556. The van der Waals surface area contributed by atoms with Crippen LogP contribution in [-0.4, -0.2) is 43.4 Å². The minimum atomic E-state index is 0.164. The van der Waals surface area contributed by atoms with Crippen LogP contribution in [0, 0.1) is 6.92 Å². The summed E-state index contributed by atoms with van der Waals surface area (Å²) >= 11 is 0. The van der Waals surface area contributed by atoms with E-state index in [1.54, 1.807) is 7.05 Å². The number of carbonyl (C=O) groups excluding carboxylic acids is 1. The molecule has 0 aromatic heterocycles. The van der Waals surface area contributed by atoms with Crippen LogP contribution in [-0.2, 0) is 11.3 Å². The van der Waals surface area contributed by atoms with E-state index >= 15 is 0 Å². The third-order valence-electron chi connectivity index (χ3n) is 3.92. The molecule has 23 heavy (non-hydrogen) atoms. The predicted octanol–water partition coefficient (Wildman–Crippen LogP) is 2.06. The maximum Gasteiger partial charge on any atom is 0.220 e. The molecule has 5 heteroatoms. The average Bonchev–Trinajstić information content (AvgIpc) is 3.33. The Morgan fingerprint density at radius 2 is 2.00 bits per heavy atom. The smallest absolute Gasteiger partial charge is 0.220 e. The van der Waals surface area contributed by atoms with Gasteiger partial charge in [0.1, 0.15) is 0 Å². The molecule has 0 bridgehead atoms. The number of nitrogens with one attached hydrogen (secondary N) is 2. The summed E-state index contributed by atoms with van der Waals surface area (Å²) in [6.07, 6.45) is 3.67. The van der Waals surface area contributed by atoms with E-state index in [9.17, 15) is 4.79 Å². The molecule has 0 aliphatic heterocycles. The van der Waals surface area contributed by atoms with Crippen LogP contribution in [0.1, 0.15) is 36.8 Å². The number of hydrogen-bond acceptors (Lipinski definition) is 2. The van der Waals surface area contributed by atoms with Gasteiger partial charge in [-0.2, -0.15) is 0 Å². The molecule has 0 spiro atoms. The monoisotopic (exact) mass is 316 g/mol. The van der Waals surface area contributed by atoms with Crippen LogP contribution in [0.2, 0.25) is 0 Å². The summed E-state index contributed by atoms with van der Waals surface area (Å²) in [5.74, 6) is 1.02. The lowest BCUT2D eigenvalue weighted by atomic mass is 10.1. The number of hydrogen-bond donors (Lipinski definition) is 2. The van der Waals surface area contributed by atoms with E-state index in [0.717, 1.165) is 38.3 Å². The molecule has 0 heterocycles. The molecule has 0 atom stereocenters. The van der Waals surface area contributed by atoms with Crippen LogP contribution < -0.4 is 10.6 Å². The molecular weight excluding hydrogens is 288 g/mol. The Balaban J connectivity index is 1.68. The first-order valence-corrected chi connectivity index (χ1v) is 8.35. The van der Waals surface area contributed by atoms with E-state index in [-0.39, 0.29) is 5.91 Å². The molecule has 1 aromatic rings. The molecular formula is C18H28N4O. The van der Waals surface area contributed by atoms with Gasteiger partial charge < -0.3 is 15.5 Å². The third-order valence-corrected chi connectivity index (χ3v) is 3.92. The topological polar surface area (TPSA) is 56.7 Å². The second kappa shape index (κ2) is 8.56. The normalized spacial score (nSPS) is 14.5. The van der Waals surface area contributed by atoms with Crippen LogP contribution in [0.5, 0.6) is 0 Å². The van der Waals surface area contributed by atoms with E-state index < -0.39 is 0 Å². The minimum Gasteiger partial charge on any atom is -0.356 e. The summed E-state index contributed by atoms with van der Waals surface area (Å²) in [6.45, 7) is 3.65. The largest absolute Gasteiger partial charge is 0.356 e. The molecule has 126 valence electrons. The van der Waals surface area contributed by atoms with Crippen molar-refractivity contribution in [2.45, 2.75) is 45.2 Å². The van der Waals surface area contributed by atoms with Crippen LogP contribution in [0.25, 0.3) is 0 Å². The SMILES string of the molecule is CN=C(NCCCC(=O)NC1CC1)N(C)Cc1ccc(C)cc1. The molecule has 1 aliphatic rings. The maximum absolute atomic E-state index is 11.6. The van der Waals surface area contributed by atoms with Gasteiger partial charge >= 0.3 is 0 Å². The van der Waals surface area contributed by atoms with Crippen molar-refractivity contribution in [1.29, 1.82) is 0 Å². The zero-order valence-corrected chi connectivity index (χ0v) is 14.4. The lowest BCUT2D eigenvalue weighted by molar-refractivity contribution is -0.121. The number of amides is 1. The Labute approximate surface area is 139 Å². The number of aliphatic imine (C=N–C) groups is 1. The van der Waals surface area contributed by atoms with Gasteiger partial charge in [0, 0.05) is 39.6 Å². The van der Waals surface area contributed by atoms with Gasteiger partial charge in [0.25, 0.3) is 0 Å². The van der Waals surface area contributed by atoms with Gasteiger partial charge in [0.15, 0.2) is 5.96 Å². The van der Waals surface area contributed by atoms with Gasteiger partial charge in [-0.3, -0.25) is 9.79 Å². The lowest BCUT2D eigenvalue weighted by Gasteiger charge is -2.22. The van der Waals surface area contributed by atoms with E-state index in [1.165, 1.54) is 11.1 Å². The number of benzene rings is 1. The highest BCUT2D eigenvalue weighted by Gasteiger charge is 2.22. The quantitative estimate of drug-likeness (QED) is 0.460.